The van der Waals surface area contributed by atoms with Crippen molar-refractivity contribution in [3.05, 3.63) is 65.2 Å². The number of benzene rings is 2. The predicted molar refractivity (Wildman–Crippen MR) is 117 cm³/mol. The van der Waals surface area contributed by atoms with Gasteiger partial charge in [0.25, 0.3) is 5.91 Å². The summed E-state index contributed by atoms with van der Waals surface area (Å²) in [7, 11) is 7.58. The SMILES string of the molecule is CCNC(=NCc1cccc(N(C)C)c1)NCc1ccc(C(=O)N(C)C)cc1. The Labute approximate surface area is 168 Å². The van der Waals surface area contributed by atoms with Crippen molar-refractivity contribution >= 4 is 17.6 Å². The molecule has 2 N–H and O–H groups in total. The van der Waals surface area contributed by atoms with Crippen molar-refractivity contribution < 1.29 is 4.79 Å². The molecule has 1 amide bonds. The molecule has 0 aliphatic heterocycles. The number of carbonyl (C=O) groups is 1. The van der Waals surface area contributed by atoms with E-state index in [0.29, 0.717) is 18.7 Å². The first-order chi connectivity index (χ1) is 13.4. The lowest BCUT2D eigenvalue weighted by Crippen LogP contribution is -2.36. The summed E-state index contributed by atoms with van der Waals surface area (Å²) < 4.78 is 0. The maximum atomic E-state index is 12.0. The molecule has 0 unspecified atom stereocenters. The van der Waals surface area contributed by atoms with E-state index in [9.17, 15) is 4.79 Å². The van der Waals surface area contributed by atoms with Crippen LogP contribution in [-0.4, -0.2) is 51.5 Å². The molecule has 0 aliphatic carbocycles. The molecule has 0 atom stereocenters. The normalized spacial score (nSPS) is 11.1. The van der Waals surface area contributed by atoms with Crippen LogP contribution in [0.25, 0.3) is 0 Å². The molecular weight excluding hydrogens is 350 g/mol. The minimum Gasteiger partial charge on any atom is -0.378 e. The van der Waals surface area contributed by atoms with Crippen molar-refractivity contribution in [3.63, 3.8) is 0 Å². The number of guanidine groups is 1. The molecule has 2 aromatic rings. The number of anilines is 1. The summed E-state index contributed by atoms with van der Waals surface area (Å²) in [6, 6.07) is 16.0. The molecule has 0 heterocycles. The number of carbonyl (C=O) groups excluding carboxylic acids is 1. The van der Waals surface area contributed by atoms with Gasteiger partial charge in [0, 0.05) is 52.5 Å². The highest BCUT2D eigenvalue weighted by molar-refractivity contribution is 5.93. The van der Waals surface area contributed by atoms with Crippen LogP contribution in [0.2, 0.25) is 0 Å². The van der Waals surface area contributed by atoms with Crippen molar-refractivity contribution in [1.82, 2.24) is 15.5 Å². The minimum atomic E-state index is 0.00867. The van der Waals surface area contributed by atoms with E-state index in [4.69, 9.17) is 0 Å². The second kappa shape index (κ2) is 10.3. The Bertz CT molecular complexity index is 797. The van der Waals surface area contributed by atoms with Crippen molar-refractivity contribution in [2.75, 3.05) is 39.6 Å². The molecule has 0 bridgehead atoms. The fraction of sp³-hybridized carbons (Fsp3) is 0.364. The Morgan fingerprint density at radius 1 is 0.964 bits per heavy atom. The first-order valence-corrected chi connectivity index (χ1v) is 9.49. The molecule has 0 aliphatic rings. The van der Waals surface area contributed by atoms with E-state index in [0.717, 1.165) is 29.3 Å². The minimum absolute atomic E-state index is 0.00867. The lowest BCUT2D eigenvalue weighted by atomic mass is 10.1. The number of nitrogens with zero attached hydrogens (tertiary/aromatic N) is 3. The molecule has 0 radical (unpaired) electrons. The van der Waals surface area contributed by atoms with Crippen molar-refractivity contribution in [1.29, 1.82) is 0 Å². The first kappa shape index (κ1) is 21.3. The number of amides is 1. The third-order valence-corrected chi connectivity index (χ3v) is 4.26. The molecular formula is C22H31N5O. The quantitative estimate of drug-likeness (QED) is 0.572. The van der Waals surface area contributed by atoms with Crippen molar-refractivity contribution in [2.45, 2.75) is 20.0 Å². The van der Waals surface area contributed by atoms with Crippen molar-refractivity contribution in [3.8, 4) is 0 Å². The maximum Gasteiger partial charge on any atom is 0.253 e. The number of aliphatic imine (C=N–C) groups is 1. The van der Waals surface area contributed by atoms with Crippen LogP contribution in [-0.2, 0) is 13.1 Å². The molecule has 6 nitrogen and oxygen atoms in total. The fourth-order valence-corrected chi connectivity index (χ4v) is 2.65. The number of hydrogen-bond donors (Lipinski definition) is 2. The molecule has 0 saturated heterocycles. The van der Waals surface area contributed by atoms with Gasteiger partial charge in [-0.2, -0.15) is 0 Å². The van der Waals surface area contributed by atoms with E-state index < -0.39 is 0 Å². The van der Waals surface area contributed by atoms with Crippen LogP contribution in [0.5, 0.6) is 0 Å². The molecule has 0 saturated carbocycles. The van der Waals surface area contributed by atoms with Crippen LogP contribution >= 0.6 is 0 Å². The standard InChI is InChI=1S/C22H31N5O/c1-6-23-22(25-16-18-8-7-9-20(14-18)26(2)3)24-15-17-10-12-19(13-11-17)21(28)27(4)5/h7-14H,6,15-16H2,1-5H3,(H2,23,24,25). The van der Waals surface area contributed by atoms with E-state index in [1.54, 1.807) is 19.0 Å². The van der Waals surface area contributed by atoms with E-state index in [1.807, 2.05) is 45.3 Å². The average Bonchev–Trinajstić information content (AvgIpc) is 2.70. The zero-order valence-electron chi connectivity index (χ0n) is 17.5. The summed E-state index contributed by atoms with van der Waals surface area (Å²) >= 11 is 0. The second-order valence-electron chi connectivity index (χ2n) is 7.01. The highest BCUT2D eigenvalue weighted by Crippen LogP contribution is 2.14. The number of nitrogens with one attached hydrogen (secondary N) is 2. The summed E-state index contributed by atoms with van der Waals surface area (Å²) in [4.78, 5) is 20.3. The van der Waals surface area contributed by atoms with E-state index in [1.165, 1.54) is 0 Å². The van der Waals surface area contributed by atoms with E-state index in [-0.39, 0.29) is 5.91 Å². The highest BCUT2D eigenvalue weighted by atomic mass is 16.2. The van der Waals surface area contributed by atoms with Gasteiger partial charge in [-0.1, -0.05) is 24.3 Å². The molecule has 2 rings (SSSR count). The van der Waals surface area contributed by atoms with Crippen LogP contribution in [0.3, 0.4) is 0 Å². The molecule has 2 aromatic carbocycles. The largest absolute Gasteiger partial charge is 0.378 e. The van der Waals surface area contributed by atoms with Crippen LogP contribution < -0.4 is 15.5 Å². The molecule has 0 fully saturated rings. The smallest absolute Gasteiger partial charge is 0.253 e. The van der Waals surface area contributed by atoms with Gasteiger partial charge in [0.1, 0.15) is 0 Å². The molecule has 6 heteroatoms. The van der Waals surface area contributed by atoms with Gasteiger partial charge in [0.2, 0.25) is 0 Å². The van der Waals surface area contributed by atoms with Gasteiger partial charge in [0.05, 0.1) is 6.54 Å². The van der Waals surface area contributed by atoms with Crippen LogP contribution in [0, 0.1) is 0 Å². The van der Waals surface area contributed by atoms with Gasteiger partial charge in [-0.15, -0.1) is 0 Å². The zero-order valence-corrected chi connectivity index (χ0v) is 17.5. The fourth-order valence-electron chi connectivity index (χ4n) is 2.65. The Kier molecular flexibility index (Phi) is 7.87. The average molecular weight is 382 g/mol. The number of hydrogen-bond acceptors (Lipinski definition) is 3. The Morgan fingerprint density at radius 2 is 1.68 bits per heavy atom. The lowest BCUT2D eigenvalue weighted by Gasteiger charge is -2.14. The van der Waals surface area contributed by atoms with E-state index >= 15 is 0 Å². The van der Waals surface area contributed by atoms with Gasteiger partial charge < -0.3 is 20.4 Å². The zero-order chi connectivity index (χ0) is 20.5. The highest BCUT2D eigenvalue weighted by Gasteiger charge is 2.07. The van der Waals surface area contributed by atoms with Crippen LogP contribution in [0.4, 0.5) is 5.69 Å². The summed E-state index contributed by atoms with van der Waals surface area (Å²) in [5, 5.41) is 6.62. The summed E-state index contributed by atoms with van der Waals surface area (Å²) in [6.07, 6.45) is 0. The molecule has 150 valence electrons. The van der Waals surface area contributed by atoms with Gasteiger partial charge in [-0.05, 0) is 42.3 Å². The van der Waals surface area contributed by atoms with Crippen molar-refractivity contribution in [2.24, 2.45) is 4.99 Å². The van der Waals surface area contributed by atoms with Gasteiger partial charge in [0.15, 0.2) is 5.96 Å². The third-order valence-electron chi connectivity index (χ3n) is 4.26. The predicted octanol–water partition coefficient (Wildman–Crippen LogP) is 2.71. The van der Waals surface area contributed by atoms with Crippen LogP contribution in [0.15, 0.2) is 53.5 Å². The van der Waals surface area contributed by atoms with E-state index in [2.05, 4.69) is 44.8 Å². The van der Waals surface area contributed by atoms with Crippen LogP contribution in [0.1, 0.15) is 28.4 Å². The molecule has 28 heavy (non-hydrogen) atoms. The number of rotatable bonds is 7. The summed E-state index contributed by atoms with van der Waals surface area (Å²) in [6.45, 7) is 4.08. The molecule has 0 aromatic heterocycles. The lowest BCUT2D eigenvalue weighted by molar-refractivity contribution is 0.0827. The Balaban J connectivity index is 1.99. The van der Waals surface area contributed by atoms with Gasteiger partial charge in [-0.25, -0.2) is 4.99 Å². The third kappa shape index (κ3) is 6.30. The molecule has 0 spiro atoms. The Hall–Kier alpha value is -3.02. The Morgan fingerprint density at radius 3 is 2.29 bits per heavy atom. The summed E-state index contributed by atoms with van der Waals surface area (Å²) in [5.41, 5.74) is 4.11. The maximum absolute atomic E-state index is 12.0. The van der Waals surface area contributed by atoms with Gasteiger partial charge >= 0.3 is 0 Å². The summed E-state index contributed by atoms with van der Waals surface area (Å²) in [5.74, 6) is 0.778. The first-order valence-electron chi connectivity index (χ1n) is 9.49. The van der Waals surface area contributed by atoms with Gasteiger partial charge in [-0.3, -0.25) is 4.79 Å². The topological polar surface area (TPSA) is 60.0 Å². The monoisotopic (exact) mass is 381 g/mol. The second-order valence-corrected chi connectivity index (χ2v) is 7.01.